The van der Waals surface area contributed by atoms with Gasteiger partial charge in [-0.15, -0.1) is 0 Å². The zero-order chi connectivity index (χ0) is 20.4. The molecule has 4 nitrogen and oxygen atoms in total. The smallest absolute Gasteiger partial charge is 0.251 e. The molecule has 4 aromatic rings. The maximum atomic E-state index is 12.7. The number of nitrogens with one attached hydrogen (secondary N) is 1. The lowest BCUT2D eigenvalue weighted by molar-refractivity contribution is 0.0949. The molecule has 0 aliphatic heterocycles. The van der Waals surface area contributed by atoms with Gasteiger partial charge in [0.2, 0.25) is 0 Å². The lowest BCUT2D eigenvalue weighted by Gasteiger charge is -2.13. The minimum absolute atomic E-state index is 0.0722. The van der Waals surface area contributed by atoms with Gasteiger partial charge < -0.3 is 9.88 Å². The Morgan fingerprint density at radius 2 is 1.69 bits per heavy atom. The predicted molar refractivity (Wildman–Crippen MR) is 117 cm³/mol. The first kappa shape index (κ1) is 18.9. The highest BCUT2D eigenvalue weighted by atomic mass is 16.1. The van der Waals surface area contributed by atoms with Gasteiger partial charge in [-0.2, -0.15) is 0 Å². The maximum absolute atomic E-state index is 12.7. The summed E-state index contributed by atoms with van der Waals surface area (Å²) < 4.78 is 2.19. The minimum atomic E-state index is -0.0722. The first-order valence-corrected chi connectivity index (χ1v) is 9.87. The lowest BCUT2D eigenvalue weighted by atomic mass is 10.1. The molecule has 0 aliphatic rings. The third kappa shape index (κ3) is 3.92. The molecule has 0 fully saturated rings. The second-order valence-electron chi connectivity index (χ2n) is 7.53. The highest BCUT2D eigenvalue weighted by Crippen LogP contribution is 2.20. The SMILES string of the molecule is Cc1ccc(C(=O)NCc2nc3ccccc3n2Cc2ccccc2C)c(C)c1. The van der Waals surface area contributed by atoms with E-state index in [9.17, 15) is 4.79 Å². The molecular weight excluding hydrogens is 358 g/mol. The summed E-state index contributed by atoms with van der Waals surface area (Å²) in [6, 6.07) is 22.4. The monoisotopic (exact) mass is 383 g/mol. The van der Waals surface area contributed by atoms with E-state index in [1.54, 1.807) is 0 Å². The van der Waals surface area contributed by atoms with E-state index in [0.717, 1.165) is 34.5 Å². The zero-order valence-electron chi connectivity index (χ0n) is 17.1. The molecule has 4 rings (SSSR count). The number of aryl methyl sites for hydroxylation is 3. The Bertz CT molecular complexity index is 1190. The average Bonchev–Trinajstić information content (AvgIpc) is 3.05. The number of amides is 1. The first-order valence-electron chi connectivity index (χ1n) is 9.87. The maximum Gasteiger partial charge on any atom is 0.251 e. The Kier molecular flexibility index (Phi) is 5.17. The molecule has 146 valence electrons. The Labute approximate surface area is 171 Å². The number of aromatic nitrogens is 2. The van der Waals surface area contributed by atoms with Crippen molar-refractivity contribution in [3.63, 3.8) is 0 Å². The van der Waals surface area contributed by atoms with Crippen LogP contribution in [0, 0.1) is 20.8 Å². The Morgan fingerprint density at radius 1 is 0.931 bits per heavy atom. The topological polar surface area (TPSA) is 46.9 Å². The number of nitrogens with zero attached hydrogens (tertiary/aromatic N) is 2. The largest absolute Gasteiger partial charge is 0.345 e. The van der Waals surface area contributed by atoms with Crippen molar-refractivity contribution in [3.8, 4) is 0 Å². The summed E-state index contributed by atoms with van der Waals surface area (Å²) >= 11 is 0. The van der Waals surface area contributed by atoms with Gasteiger partial charge in [0.1, 0.15) is 5.82 Å². The van der Waals surface area contributed by atoms with Crippen LogP contribution in [0.25, 0.3) is 11.0 Å². The van der Waals surface area contributed by atoms with E-state index in [4.69, 9.17) is 4.98 Å². The normalized spacial score (nSPS) is 11.0. The average molecular weight is 383 g/mol. The van der Waals surface area contributed by atoms with E-state index in [0.29, 0.717) is 12.1 Å². The number of imidazole rings is 1. The van der Waals surface area contributed by atoms with Gasteiger partial charge in [0.05, 0.1) is 17.6 Å². The number of carbonyl (C=O) groups is 1. The molecule has 0 bridgehead atoms. The van der Waals surface area contributed by atoms with Crippen LogP contribution in [-0.4, -0.2) is 15.5 Å². The van der Waals surface area contributed by atoms with Crippen molar-refractivity contribution in [1.82, 2.24) is 14.9 Å². The summed E-state index contributed by atoms with van der Waals surface area (Å²) in [6.45, 7) is 7.22. The summed E-state index contributed by atoms with van der Waals surface area (Å²) in [5.74, 6) is 0.782. The predicted octanol–water partition coefficient (Wildman–Crippen LogP) is 4.94. The fourth-order valence-electron chi connectivity index (χ4n) is 3.72. The summed E-state index contributed by atoms with van der Waals surface area (Å²) in [5.41, 5.74) is 7.35. The molecule has 3 aromatic carbocycles. The molecule has 0 saturated heterocycles. The molecule has 1 amide bonds. The Balaban J connectivity index is 1.63. The second kappa shape index (κ2) is 7.92. The van der Waals surface area contributed by atoms with Crippen molar-refractivity contribution in [3.05, 3.63) is 100 Å². The van der Waals surface area contributed by atoms with Crippen molar-refractivity contribution in [2.24, 2.45) is 0 Å². The summed E-state index contributed by atoms with van der Waals surface area (Å²) in [5, 5.41) is 3.06. The minimum Gasteiger partial charge on any atom is -0.345 e. The fraction of sp³-hybridized carbons (Fsp3) is 0.200. The van der Waals surface area contributed by atoms with E-state index in [1.165, 1.54) is 11.1 Å². The second-order valence-corrected chi connectivity index (χ2v) is 7.53. The Hall–Kier alpha value is -3.40. The van der Waals surface area contributed by atoms with Crippen LogP contribution >= 0.6 is 0 Å². The standard InChI is InChI=1S/C25H25N3O/c1-17-12-13-21(19(3)14-17)25(29)26-15-24-27-22-10-6-7-11-23(22)28(24)16-20-9-5-4-8-18(20)2/h4-14H,15-16H2,1-3H3,(H,26,29). The third-order valence-corrected chi connectivity index (χ3v) is 5.36. The van der Waals surface area contributed by atoms with Crippen LogP contribution in [0.15, 0.2) is 66.7 Å². The van der Waals surface area contributed by atoms with E-state index in [1.807, 2.05) is 50.2 Å². The number of para-hydroxylation sites is 2. The number of hydrogen-bond donors (Lipinski definition) is 1. The van der Waals surface area contributed by atoms with Gasteiger partial charge in [-0.3, -0.25) is 4.79 Å². The van der Waals surface area contributed by atoms with Crippen LogP contribution in [0.1, 0.15) is 38.4 Å². The summed E-state index contributed by atoms with van der Waals surface area (Å²) in [6.07, 6.45) is 0. The molecule has 1 heterocycles. The molecule has 29 heavy (non-hydrogen) atoms. The summed E-state index contributed by atoms with van der Waals surface area (Å²) in [4.78, 5) is 17.5. The lowest BCUT2D eigenvalue weighted by Crippen LogP contribution is -2.25. The van der Waals surface area contributed by atoms with Gasteiger partial charge in [-0.1, -0.05) is 54.1 Å². The van der Waals surface area contributed by atoms with Crippen LogP contribution in [0.4, 0.5) is 0 Å². The van der Waals surface area contributed by atoms with Crippen molar-refractivity contribution < 1.29 is 4.79 Å². The van der Waals surface area contributed by atoms with Crippen LogP contribution in [0.5, 0.6) is 0 Å². The zero-order valence-corrected chi connectivity index (χ0v) is 17.1. The van der Waals surface area contributed by atoms with E-state index >= 15 is 0 Å². The molecule has 0 spiro atoms. The molecule has 0 aliphatic carbocycles. The molecule has 1 aromatic heterocycles. The molecule has 4 heteroatoms. The van der Waals surface area contributed by atoms with E-state index < -0.39 is 0 Å². The number of carbonyl (C=O) groups excluding carboxylic acids is 1. The van der Waals surface area contributed by atoms with Gasteiger partial charge in [0.25, 0.3) is 5.91 Å². The van der Waals surface area contributed by atoms with Gasteiger partial charge in [0.15, 0.2) is 0 Å². The quantitative estimate of drug-likeness (QED) is 0.531. The third-order valence-electron chi connectivity index (χ3n) is 5.36. The van der Waals surface area contributed by atoms with Crippen LogP contribution in [0.3, 0.4) is 0 Å². The van der Waals surface area contributed by atoms with Crippen LogP contribution in [-0.2, 0) is 13.1 Å². The van der Waals surface area contributed by atoms with Crippen molar-refractivity contribution in [1.29, 1.82) is 0 Å². The molecule has 1 N–H and O–H groups in total. The number of rotatable bonds is 5. The molecule has 0 saturated carbocycles. The van der Waals surface area contributed by atoms with E-state index in [2.05, 4.69) is 47.1 Å². The van der Waals surface area contributed by atoms with E-state index in [-0.39, 0.29) is 5.91 Å². The summed E-state index contributed by atoms with van der Waals surface area (Å²) in [7, 11) is 0. The number of hydrogen-bond acceptors (Lipinski definition) is 2. The van der Waals surface area contributed by atoms with Crippen molar-refractivity contribution in [2.75, 3.05) is 0 Å². The van der Waals surface area contributed by atoms with Crippen molar-refractivity contribution in [2.45, 2.75) is 33.9 Å². The number of fused-ring (bicyclic) bond motifs is 1. The van der Waals surface area contributed by atoms with Gasteiger partial charge in [-0.05, 0) is 55.7 Å². The first-order chi connectivity index (χ1) is 14.0. The fourth-order valence-corrected chi connectivity index (χ4v) is 3.72. The number of benzene rings is 3. The highest BCUT2D eigenvalue weighted by Gasteiger charge is 2.14. The highest BCUT2D eigenvalue weighted by molar-refractivity contribution is 5.95. The molecule has 0 atom stereocenters. The van der Waals surface area contributed by atoms with Crippen LogP contribution in [0.2, 0.25) is 0 Å². The van der Waals surface area contributed by atoms with Crippen molar-refractivity contribution >= 4 is 16.9 Å². The van der Waals surface area contributed by atoms with Gasteiger partial charge in [0, 0.05) is 12.1 Å². The van der Waals surface area contributed by atoms with Gasteiger partial charge >= 0.3 is 0 Å². The van der Waals surface area contributed by atoms with Gasteiger partial charge in [-0.25, -0.2) is 4.98 Å². The van der Waals surface area contributed by atoms with Crippen LogP contribution < -0.4 is 5.32 Å². The molecular formula is C25H25N3O. The Morgan fingerprint density at radius 3 is 2.48 bits per heavy atom. The molecule has 0 radical (unpaired) electrons. The molecule has 0 unspecified atom stereocenters.